The van der Waals surface area contributed by atoms with E-state index in [1.165, 1.54) is 10.8 Å². The molecule has 7 nitrogen and oxygen atoms in total. The van der Waals surface area contributed by atoms with Crippen LogP contribution in [0.2, 0.25) is 0 Å². The molecule has 0 saturated carbocycles. The predicted molar refractivity (Wildman–Crippen MR) is 83.0 cm³/mol. The number of carbonyl (C=O) groups is 1. The fraction of sp³-hybridized carbons (Fsp3) is 0.400. The number of carboxylic acids is 1. The highest BCUT2D eigenvalue weighted by molar-refractivity contribution is 5.92. The Morgan fingerprint density at radius 1 is 1.43 bits per heavy atom. The van der Waals surface area contributed by atoms with Crippen molar-refractivity contribution in [3.63, 3.8) is 0 Å². The summed E-state index contributed by atoms with van der Waals surface area (Å²) in [7, 11) is 0. The Bertz CT molecular complexity index is 828. The van der Waals surface area contributed by atoms with Crippen molar-refractivity contribution in [1.82, 2.24) is 14.6 Å². The number of pyridine rings is 2. The number of hydrogen-bond donors (Lipinski definition) is 2. The van der Waals surface area contributed by atoms with E-state index >= 15 is 0 Å². The second-order valence-corrected chi connectivity index (χ2v) is 5.46. The van der Waals surface area contributed by atoms with Gasteiger partial charge in [0.05, 0.1) is 5.39 Å². The van der Waals surface area contributed by atoms with E-state index in [1.54, 1.807) is 6.92 Å². The lowest BCUT2D eigenvalue weighted by Gasteiger charge is -2.18. The summed E-state index contributed by atoms with van der Waals surface area (Å²) in [5.41, 5.74) is 2.08. The SMILES string of the molecule is CCn1cc(C(=O)O)c(=O)c2cc(F)c(NN3CCCC3)nc21. The van der Waals surface area contributed by atoms with Crippen LogP contribution >= 0.6 is 0 Å². The van der Waals surface area contributed by atoms with Crippen LogP contribution in [0.3, 0.4) is 0 Å². The van der Waals surface area contributed by atoms with Crippen molar-refractivity contribution in [3.8, 4) is 0 Å². The number of nitrogens with one attached hydrogen (secondary N) is 1. The van der Waals surface area contributed by atoms with Gasteiger partial charge in [0.1, 0.15) is 11.2 Å². The maximum Gasteiger partial charge on any atom is 0.341 e. The summed E-state index contributed by atoms with van der Waals surface area (Å²) in [6, 6.07) is 1.06. The number of carboxylic acid groups (broad SMARTS) is 1. The molecule has 2 aromatic rings. The van der Waals surface area contributed by atoms with Gasteiger partial charge in [0.2, 0.25) is 5.43 Å². The minimum Gasteiger partial charge on any atom is -0.477 e. The Hall–Kier alpha value is -2.48. The third-order valence-electron chi connectivity index (χ3n) is 3.94. The summed E-state index contributed by atoms with van der Waals surface area (Å²) < 4.78 is 15.8. The van der Waals surface area contributed by atoms with Crippen LogP contribution in [-0.4, -0.2) is 38.7 Å². The normalized spacial score (nSPS) is 15.2. The van der Waals surface area contributed by atoms with Gasteiger partial charge >= 0.3 is 5.97 Å². The molecule has 0 aromatic carbocycles. The molecule has 2 aromatic heterocycles. The van der Waals surface area contributed by atoms with E-state index < -0.39 is 17.2 Å². The minimum atomic E-state index is -1.33. The first kappa shape index (κ1) is 15.4. The summed E-state index contributed by atoms with van der Waals surface area (Å²) in [5, 5.41) is 11.0. The maximum atomic E-state index is 14.3. The standard InChI is InChI=1S/C15H17FN4O3/c1-2-19-8-10(15(22)23)12(21)9-7-11(16)13(17-14(9)19)18-20-5-3-4-6-20/h7-8H,2-6H2,1H3,(H,17,18)(H,22,23). The lowest BCUT2D eigenvalue weighted by Crippen LogP contribution is -2.28. The summed E-state index contributed by atoms with van der Waals surface area (Å²) >= 11 is 0. The Morgan fingerprint density at radius 2 is 2.13 bits per heavy atom. The van der Waals surface area contributed by atoms with E-state index in [2.05, 4.69) is 10.4 Å². The largest absolute Gasteiger partial charge is 0.477 e. The van der Waals surface area contributed by atoms with Gasteiger partial charge in [0, 0.05) is 25.8 Å². The molecule has 23 heavy (non-hydrogen) atoms. The van der Waals surface area contributed by atoms with Crippen LogP contribution in [0.1, 0.15) is 30.1 Å². The van der Waals surface area contributed by atoms with E-state index in [-0.39, 0.29) is 22.4 Å². The zero-order chi connectivity index (χ0) is 16.6. The molecule has 0 amide bonds. The van der Waals surface area contributed by atoms with Gasteiger partial charge in [-0.15, -0.1) is 0 Å². The number of fused-ring (bicyclic) bond motifs is 1. The van der Waals surface area contributed by atoms with Crippen LogP contribution in [0.15, 0.2) is 17.1 Å². The highest BCUT2D eigenvalue weighted by atomic mass is 19.1. The second kappa shape index (κ2) is 5.96. The Balaban J connectivity index is 2.16. The highest BCUT2D eigenvalue weighted by Crippen LogP contribution is 2.20. The molecule has 0 unspecified atom stereocenters. The van der Waals surface area contributed by atoms with E-state index in [0.717, 1.165) is 32.0 Å². The molecule has 1 aliphatic rings. The topological polar surface area (TPSA) is 87.5 Å². The van der Waals surface area contributed by atoms with Gasteiger partial charge in [-0.05, 0) is 25.8 Å². The third-order valence-corrected chi connectivity index (χ3v) is 3.94. The monoisotopic (exact) mass is 320 g/mol. The van der Waals surface area contributed by atoms with E-state index in [1.807, 2.05) is 5.01 Å². The van der Waals surface area contributed by atoms with Gasteiger partial charge in [-0.1, -0.05) is 0 Å². The van der Waals surface area contributed by atoms with Crippen LogP contribution in [0.5, 0.6) is 0 Å². The molecule has 0 aliphatic carbocycles. The number of rotatable bonds is 4. The third kappa shape index (κ3) is 2.77. The lowest BCUT2D eigenvalue weighted by molar-refractivity contribution is 0.0695. The molecule has 1 saturated heterocycles. The number of aromatic carboxylic acids is 1. The van der Waals surface area contributed by atoms with Crippen LogP contribution < -0.4 is 10.9 Å². The molecule has 2 N–H and O–H groups in total. The highest BCUT2D eigenvalue weighted by Gasteiger charge is 2.19. The van der Waals surface area contributed by atoms with Crippen LogP contribution in [0.25, 0.3) is 11.0 Å². The zero-order valence-electron chi connectivity index (χ0n) is 12.7. The zero-order valence-corrected chi connectivity index (χ0v) is 12.7. The fourth-order valence-corrected chi connectivity index (χ4v) is 2.74. The molecule has 3 heterocycles. The Morgan fingerprint density at radius 3 is 2.74 bits per heavy atom. The Labute approximate surface area is 131 Å². The lowest BCUT2D eigenvalue weighted by atomic mass is 10.2. The van der Waals surface area contributed by atoms with E-state index in [4.69, 9.17) is 5.11 Å². The molecule has 0 atom stereocenters. The van der Waals surface area contributed by atoms with E-state index in [0.29, 0.717) is 6.54 Å². The molecule has 0 radical (unpaired) electrons. The first-order valence-electron chi connectivity index (χ1n) is 7.50. The molecule has 122 valence electrons. The van der Waals surface area contributed by atoms with Crippen molar-refractivity contribution < 1.29 is 14.3 Å². The van der Waals surface area contributed by atoms with Crippen LogP contribution in [0.4, 0.5) is 10.2 Å². The number of aryl methyl sites for hydroxylation is 1. The summed E-state index contributed by atoms with van der Waals surface area (Å²) in [6.07, 6.45) is 3.31. The molecular formula is C15H17FN4O3. The quantitative estimate of drug-likeness (QED) is 0.891. The fourth-order valence-electron chi connectivity index (χ4n) is 2.74. The average molecular weight is 320 g/mol. The van der Waals surface area contributed by atoms with Crippen molar-refractivity contribution in [2.75, 3.05) is 18.5 Å². The first-order valence-corrected chi connectivity index (χ1v) is 7.50. The summed E-state index contributed by atoms with van der Waals surface area (Å²) in [6.45, 7) is 3.82. The van der Waals surface area contributed by atoms with Crippen molar-refractivity contribution in [2.45, 2.75) is 26.3 Å². The average Bonchev–Trinajstić information content (AvgIpc) is 3.02. The van der Waals surface area contributed by atoms with Gasteiger partial charge in [0.15, 0.2) is 11.6 Å². The molecule has 1 aliphatic heterocycles. The smallest absolute Gasteiger partial charge is 0.341 e. The number of hydrazine groups is 1. The van der Waals surface area contributed by atoms with Gasteiger partial charge in [0.25, 0.3) is 0 Å². The molecule has 0 spiro atoms. The van der Waals surface area contributed by atoms with E-state index in [9.17, 15) is 14.0 Å². The summed E-state index contributed by atoms with van der Waals surface area (Å²) in [5.74, 6) is -1.96. The first-order chi connectivity index (χ1) is 11.0. The predicted octanol–water partition coefficient (Wildman–Crippen LogP) is 1.68. The molecule has 1 fully saturated rings. The number of halogens is 1. The second-order valence-electron chi connectivity index (χ2n) is 5.46. The molecule has 3 rings (SSSR count). The van der Waals surface area contributed by atoms with Crippen molar-refractivity contribution >= 4 is 22.8 Å². The van der Waals surface area contributed by atoms with Crippen LogP contribution in [-0.2, 0) is 6.54 Å². The number of anilines is 1. The van der Waals surface area contributed by atoms with Crippen molar-refractivity contribution in [2.24, 2.45) is 0 Å². The maximum absolute atomic E-state index is 14.3. The Kier molecular flexibility index (Phi) is 3.99. The molecule has 0 bridgehead atoms. The van der Waals surface area contributed by atoms with Crippen LogP contribution in [0, 0.1) is 5.82 Å². The number of nitrogens with zero attached hydrogens (tertiary/aromatic N) is 3. The molecular weight excluding hydrogens is 303 g/mol. The number of hydrogen-bond acceptors (Lipinski definition) is 5. The van der Waals surface area contributed by atoms with Crippen molar-refractivity contribution in [1.29, 1.82) is 0 Å². The van der Waals surface area contributed by atoms with Gasteiger partial charge in [-0.25, -0.2) is 19.2 Å². The van der Waals surface area contributed by atoms with Gasteiger partial charge in [-0.3, -0.25) is 4.79 Å². The van der Waals surface area contributed by atoms with Crippen molar-refractivity contribution in [3.05, 3.63) is 33.9 Å². The summed E-state index contributed by atoms with van der Waals surface area (Å²) in [4.78, 5) is 27.6. The molecule has 8 heteroatoms. The number of aromatic nitrogens is 2. The van der Waals surface area contributed by atoms with Gasteiger partial charge in [-0.2, -0.15) is 0 Å². The van der Waals surface area contributed by atoms with Gasteiger partial charge < -0.3 is 15.1 Å². The minimum absolute atomic E-state index is 0.0313.